The number of rotatable bonds is 6. The molecule has 1 aromatic rings. The van der Waals surface area contributed by atoms with Gasteiger partial charge in [0.05, 0.1) is 0 Å². The van der Waals surface area contributed by atoms with Crippen LogP contribution in [0.2, 0.25) is 0 Å². The van der Waals surface area contributed by atoms with Gasteiger partial charge in [0.25, 0.3) is 0 Å². The summed E-state index contributed by atoms with van der Waals surface area (Å²) in [5.74, 6) is 0.260. The lowest BCUT2D eigenvalue weighted by molar-refractivity contribution is -0.132. The number of likely N-dealkylation sites (tertiary alicyclic amines) is 1. The fourth-order valence-electron chi connectivity index (χ4n) is 3.13. The zero-order valence-corrected chi connectivity index (χ0v) is 15.3. The maximum absolute atomic E-state index is 13.1. The molecule has 6 heteroatoms. The zero-order valence-electron chi connectivity index (χ0n) is 15.3. The molecular formula is C19H28FN3O2. The minimum Gasteiger partial charge on any atom is -0.354 e. The predicted molar refractivity (Wildman–Crippen MR) is 95.4 cm³/mol. The molecule has 0 spiro atoms. The molecule has 138 valence electrons. The van der Waals surface area contributed by atoms with Gasteiger partial charge in [-0.1, -0.05) is 19.1 Å². The van der Waals surface area contributed by atoms with E-state index in [0.29, 0.717) is 18.9 Å². The predicted octanol–water partition coefficient (Wildman–Crippen LogP) is 2.19. The van der Waals surface area contributed by atoms with Gasteiger partial charge in [0, 0.05) is 26.1 Å². The first-order valence-corrected chi connectivity index (χ1v) is 8.86. The summed E-state index contributed by atoms with van der Waals surface area (Å²) < 4.78 is 13.1. The van der Waals surface area contributed by atoms with Gasteiger partial charge in [-0.3, -0.25) is 14.5 Å². The molecule has 1 aliphatic rings. The van der Waals surface area contributed by atoms with Crippen molar-refractivity contribution >= 4 is 11.8 Å². The quantitative estimate of drug-likeness (QED) is 0.857. The average Bonchev–Trinajstić information content (AvgIpc) is 2.57. The number of amides is 2. The van der Waals surface area contributed by atoms with Crippen LogP contribution in [-0.4, -0.2) is 55.3 Å². The van der Waals surface area contributed by atoms with Crippen LogP contribution in [0.1, 0.15) is 37.8 Å². The summed E-state index contributed by atoms with van der Waals surface area (Å²) in [6.07, 6.45) is 2.40. The van der Waals surface area contributed by atoms with E-state index in [1.165, 1.54) is 12.1 Å². The smallest absolute Gasteiger partial charge is 0.241 e. The van der Waals surface area contributed by atoms with E-state index in [1.54, 1.807) is 31.1 Å². The molecule has 0 bridgehead atoms. The molecule has 25 heavy (non-hydrogen) atoms. The maximum atomic E-state index is 13.1. The Morgan fingerprint density at radius 1 is 1.24 bits per heavy atom. The number of carbonyl (C=O) groups is 2. The van der Waals surface area contributed by atoms with Crippen LogP contribution in [-0.2, 0) is 9.59 Å². The van der Waals surface area contributed by atoms with E-state index in [0.717, 1.165) is 31.5 Å². The summed E-state index contributed by atoms with van der Waals surface area (Å²) in [6, 6.07) is 5.41. The average molecular weight is 349 g/mol. The van der Waals surface area contributed by atoms with Crippen LogP contribution in [0.4, 0.5) is 4.39 Å². The first-order valence-electron chi connectivity index (χ1n) is 8.86. The van der Waals surface area contributed by atoms with Crippen molar-refractivity contribution in [2.45, 2.75) is 32.2 Å². The Kier molecular flexibility index (Phi) is 6.93. The second-order valence-corrected chi connectivity index (χ2v) is 7.02. The Morgan fingerprint density at radius 3 is 2.40 bits per heavy atom. The lowest BCUT2D eigenvalue weighted by atomic mass is 9.99. The SMILES string of the molecule is CC1CCN(C(=O)CCNC(=O)[C@@H](c2ccc(F)cc2)N(C)C)CC1. The summed E-state index contributed by atoms with van der Waals surface area (Å²) in [4.78, 5) is 28.4. The van der Waals surface area contributed by atoms with Crippen LogP contribution < -0.4 is 5.32 Å². The van der Waals surface area contributed by atoms with E-state index in [-0.39, 0.29) is 17.6 Å². The lowest BCUT2D eigenvalue weighted by Gasteiger charge is -2.30. The Balaban J connectivity index is 1.85. The first-order chi connectivity index (χ1) is 11.9. The van der Waals surface area contributed by atoms with Crippen molar-refractivity contribution in [3.63, 3.8) is 0 Å². The highest BCUT2D eigenvalue weighted by Gasteiger charge is 2.24. The second-order valence-electron chi connectivity index (χ2n) is 7.02. The number of piperidine rings is 1. The summed E-state index contributed by atoms with van der Waals surface area (Å²) in [5, 5.41) is 2.83. The van der Waals surface area contributed by atoms with Crippen LogP contribution >= 0.6 is 0 Å². The minimum atomic E-state index is -0.508. The standard InChI is InChI=1S/C19H28FN3O2/c1-14-9-12-23(13-10-14)17(24)8-11-21-19(25)18(22(2)3)15-4-6-16(20)7-5-15/h4-7,14,18H,8-13H2,1-3H3,(H,21,25)/t18-/m1/s1. The maximum Gasteiger partial charge on any atom is 0.241 e. The van der Waals surface area contributed by atoms with Gasteiger partial charge < -0.3 is 10.2 Å². The summed E-state index contributed by atoms with van der Waals surface area (Å²) in [6.45, 7) is 4.14. The molecule has 0 aromatic heterocycles. The van der Waals surface area contributed by atoms with E-state index in [2.05, 4.69) is 12.2 Å². The van der Waals surface area contributed by atoms with Gasteiger partial charge in [-0.05, 0) is 50.6 Å². The number of halogens is 1. The molecule has 0 unspecified atom stereocenters. The second kappa shape index (κ2) is 8.94. The molecule has 1 aromatic carbocycles. The number of nitrogens with one attached hydrogen (secondary N) is 1. The van der Waals surface area contributed by atoms with Crippen molar-refractivity contribution in [2.24, 2.45) is 5.92 Å². The normalized spacial score (nSPS) is 16.8. The Morgan fingerprint density at radius 2 is 1.84 bits per heavy atom. The van der Waals surface area contributed by atoms with Crippen LogP contribution in [0.5, 0.6) is 0 Å². The monoisotopic (exact) mass is 349 g/mol. The van der Waals surface area contributed by atoms with E-state index in [1.807, 2.05) is 4.90 Å². The van der Waals surface area contributed by atoms with Crippen LogP contribution in [0.3, 0.4) is 0 Å². The highest BCUT2D eigenvalue weighted by atomic mass is 19.1. The van der Waals surface area contributed by atoms with Gasteiger partial charge in [-0.2, -0.15) is 0 Å². The van der Waals surface area contributed by atoms with Crippen LogP contribution in [0, 0.1) is 11.7 Å². The van der Waals surface area contributed by atoms with Crippen molar-refractivity contribution in [1.29, 1.82) is 0 Å². The minimum absolute atomic E-state index is 0.0929. The van der Waals surface area contributed by atoms with Gasteiger partial charge in [0.1, 0.15) is 11.9 Å². The molecule has 0 aliphatic carbocycles. The molecular weight excluding hydrogens is 321 g/mol. The summed E-state index contributed by atoms with van der Waals surface area (Å²) in [7, 11) is 3.60. The number of likely N-dealkylation sites (N-methyl/N-ethyl adjacent to an activating group) is 1. The third-order valence-corrected chi connectivity index (χ3v) is 4.72. The highest BCUT2D eigenvalue weighted by molar-refractivity contribution is 5.84. The Labute approximate surface area is 149 Å². The van der Waals surface area contributed by atoms with Gasteiger partial charge in [-0.25, -0.2) is 4.39 Å². The number of hydrogen-bond donors (Lipinski definition) is 1. The number of benzene rings is 1. The molecule has 1 aliphatic heterocycles. The molecule has 1 fully saturated rings. The molecule has 2 rings (SSSR count). The van der Waals surface area contributed by atoms with Gasteiger partial charge in [-0.15, -0.1) is 0 Å². The first kappa shape index (κ1) is 19.4. The third kappa shape index (κ3) is 5.53. The van der Waals surface area contributed by atoms with E-state index in [9.17, 15) is 14.0 Å². The third-order valence-electron chi connectivity index (χ3n) is 4.72. The van der Waals surface area contributed by atoms with Crippen molar-refractivity contribution < 1.29 is 14.0 Å². The fraction of sp³-hybridized carbons (Fsp3) is 0.579. The van der Waals surface area contributed by atoms with Crippen molar-refractivity contribution in [3.05, 3.63) is 35.6 Å². The van der Waals surface area contributed by atoms with Crippen molar-refractivity contribution in [3.8, 4) is 0 Å². The number of nitrogens with zero attached hydrogens (tertiary/aromatic N) is 2. The Hall–Kier alpha value is -1.95. The van der Waals surface area contributed by atoms with E-state index >= 15 is 0 Å². The summed E-state index contributed by atoms with van der Waals surface area (Å²) in [5.41, 5.74) is 0.722. The molecule has 1 atom stereocenters. The largest absolute Gasteiger partial charge is 0.354 e. The van der Waals surface area contributed by atoms with Crippen LogP contribution in [0.25, 0.3) is 0 Å². The molecule has 2 amide bonds. The fourth-order valence-corrected chi connectivity index (χ4v) is 3.13. The van der Waals surface area contributed by atoms with E-state index < -0.39 is 6.04 Å². The van der Waals surface area contributed by atoms with E-state index in [4.69, 9.17) is 0 Å². The van der Waals surface area contributed by atoms with Crippen molar-refractivity contribution in [2.75, 3.05) is 33.7 Å². The molecule has 1 saturated heterocycles. The molecule has 5 nitrogen and oxygen atoms in total. The lowest BCUT2D eigenvalue weighted by Crippen LogP contribution is -2.41. The molecule has 0 saturated carbocycles. The molecule has 1 heterocycles. The molecule has 1 N–H and O–H groups in total. The Bertz CT molecular complexity index is 581. The molecule has 0 radical (unpaired) electrons. The van der Waals surface area contributed by atoms with Gasteiger partial charge in [0.2, 0.25) is 11.8 Å². The highest BCUT2D eigenvalue weighted by Crippen LogP contribution is 2.19. The van der Waals surface area contributed by atoms with Crippen molar-refractivity contribution in [1.82, 2.24) is 15.1 Å². The van der Waals surface area contributed by atoms with Gasteiger partial charge in [0.15, 0.2) is 0 Å². The van der Waals surface area contributed by atoms with Gasteiger partial charge >= 0.3 is 0 Å². The van der Waals surface area contributed by atoms with Crippen LogP contribution in [0.15, 0.2) is 24.3 Å². The summed E-state index contributed by atoms with van der Waals surface area (Å²) >= 11 is 0. The zero-order chi connectivity index (χ0) is 18.4. The number of hydrogen-bond acceptors (Lipinski definition) is 3. The topological polar surface area (TPSA) is 52.7 Å². The number of carbonyl (C=O) groups excluding carboxylic acids is 2.